The number of halogens is 2. The van der Waals surface area contributed by atoms with E-state index in [1.54, 1.807) is 54.1 Å². The number of carbonyl (C=O) groups excluding carboxylic acids is 3. The van der Waals surface area contributed by atoms with E-state index >= 15 is 0 Å². The molecule has 0 aliphatic heterocycles. The van der Waals surface area contributed by atoms with E-state index in [0.717, 1.165) is 25.0 Å². The van der Waals surface area contributed by atoms with Crippen LogP contribution in [0, 0.1) is 0 Å². The number of anilines is 2. The molecule has 3 aromatic rings. The minimum Gasteiger partial charge on any atom is -0.462 e. The summed E-state index contributed by atoms with van der Waals surface area (Å²) in [5.74, 6) is -0.365. The largest absolute Gasteiger partial charge is 0.462 e. The van der Waals surface area contributed by atoms with Crippen LogP contribution in [0.2, 0.25) is 10.0 Å². The second-order valence-corrected chi connectivity index (χ2v) is 11.4. The molecule has 0 fully saturated rings. The Morgan fingerprint density at radius 3 is 2.27 bits per heavy atom. The molecular formula is C30H37Cl2N5O4. The summed E-state index contributed by atoms with van der Waals surface area (Å²) in [7, 11) is 0. The van der Waals surface area contributed by atoms with E-state index in [-0.39, 0.29) is 24.5 Å². The molecular weight excluding hydrogens is 565 g/mol. The number of unbranched alkanes of at least 4 members (excludes halogenated alkanes) is 2. The van der Waals surface area contributed by atoms with Crippen LogP contribution in [0.25, 0.3) is 5.69 Å². The Morgan fingerprint density at radius 2 is 1.66 bits per heavy atom. The van der Waals surface area contributed by atoms with Crippen molar-refractivity contribution in [2.75, 3.05) is 30.3 Å². The number of amides is 3. The molecule has 41 heavy (non-hydrogen) atoms. The molecule has 1 heterocycles. The number of hydrogen-bond donors (Lipinski definition) is 2. The summed E-state index contributed by atoms with van der Waals surface area (Å²) in [6, 6.07) is 12.9. The van der Waals surface area contributed by atoms with Crippen molar-refractivity contribution in [3.8, 4) is 5.69 Å². The van der Waals surface area contributed by atoms with Gasteiger partial charge < -0.3 is 20.3 Å². The molecule has 0 saturated heterocycles. The first-order valence-corrected chi connectivity index (χ1v) is 14.4. The van der Waals surface area contributed by atoms with E-state index in [9.17, 15) is 14.4 Å². The van der Waals surface area contributed by atoms with Gasteiger partial charge in [-0.2, -0.15) is 5.10 Å². The maximum absolute atomic E-state index is 13.3. The maximum Gasteiger partial charge on any atom is 0.338 e. The second-order valence-electron chi connectivity index (χ2n) is 10.6. The molecule has 0 spiro atoms. The zero-order valence-electron chi connectivity index (χ0n) is 24.1. The van der Waals surface area contributed by atoms with Gasteiger partial charge in [-0.25, -0.2) is 14.3 Å². The SMILES string of the molecule is CCCCCN(CC(=O)Nc1cc(C(C)(C)C)nn1-c1ccc(Cl)c(Cl)c1)C(=O)Nc1ccc(C(=O)OCC)cc1. The van der Waals surface area contributed by atoms with Crippen LogP contribution >= 0.6 is 23.2 Å². The predicted octanol–water partition coefficient (Wildman–Crippen LogP) is 7.32. The fourth-order valence-corrected chi connectivity index (χ4v) is 4.21. The lowest BCUT2D eigenvalue weighted by atomic mass is 9.92. The van der Waals surface area contributed by atoms with Gasteiger partial charge in [0, 0.05) is 23.7 Å². The predicted molar refractivity (Wildman–Crippen MR) is 163 cm³/mol. The lowest BCUT2D eigenvalue weighted by molar-refractivity contribution is -0.116. The third-order valence-corrected chi connectivity index (χ3v) is 6.93. The molecule has 3 amide bonds. The lowest BCUT2D eigenvalue weighted by Crippen LogP contribution is -2.41. The van der Waals surface area contributed by atoms with E-state index in [0.29, 0.717) is 39.3 Å². The second kappa shape index (κ2) is 14.4. The Labute approximate surface area is 251 Å². The molecule has 0 atom stereocenters. The maximum atomic E-state index is 13.3. The number of esters is 1. The van der Waals surface area contributed by atoms with Crippen molar-refractivity contribution in [2.45, 2.75) is 59.3 Å². The van der Waals surface area contributed by atoms with Crippen LogP contribution in [0.1, 0.15) is 69.9 Å². The van der Waals surface area contributed by atoms with Gasteiger partial charge in [-0.3, -0.25) is 4.79 Å². The fraction of sp³-hybridized carbons (Fsp3) is 0.400. The quantitative estimate of drug-likeness (QED) is 0.177. The summed E-state index contributed by atoms with van der Waals surface area (Å²) < 4.78 is 6.61. The summed E-state index contributed by atoms with van der Waals surface area (Å²) >= 11 is 12.4. The molecule has 2 N–H and O–H groups in total. The molecule has 11 heteroatoms. The van der Waals surface area contributed by atoms with Crippen LogP contribution in [-0.2, 0) is 14.9 Å². The first-order valence-electron chi connectivity index (χ1n) is 13.6. The summed E-state index contributed by atoms with van der Waals surface area (Å²) in [5.41, 5.74) is 2.00. The van der Waals surface area contributed by atoms with Gasteiger partial charge in [-0.15, -0.1) is 0 Å². The molecule has 0 aliphatic rings. The van der Waals surface area contributed by atoms with Crippen LogP contribution in [0.3, 0.4) is 0 Å². The number of carbonyl (C=O) groups is 3. The number of aromatic nitrogens is 2. The Kier molecular flexibility index (Phi) is 11.2. The molecule has 0 aliphatic carbocycles. The number of benzene rings is 2. The van der Waals surface area contributed by atoms with Gasteiger partial charge in [-0.1, -0.05) is 63.7 Å². The van der Waals surface area contributed by atoms with Gasteiger partial charge in [-0.05, 0) is 55.8 Å². The van der Waals surface area contributed by atoms with Gasteiger partial charge in [0.1, 0.15) is 12.4 Å². The summed E-state index contributed by atoms with van der Waals surface area (Å²) in [6.07, 6.45) is 2.63. The Bertz CT molecular complexity index is 1370. The highest BCUT2D eigenvalue weighted by atomic mass is 35.5. The number of ether oxygens (including phenoxy) is 1. The van der Waals surface area contributed by atoms with E-state index in [1.165, 1.54) is 4.90 Å². The number of nitrogens with zero attached hydrogens (tertiary/aromatic N) is 3. The van der Waals surface area contributed by atoms with Crippen molar-refractivity contribution in [1.82, 2.24) is 14.7 Å². The Hall–Kier alpha value is -3.56. The topological polar surface area (TPSA) is 106 Å². The Morgan fingerprint density at radius 1 is 0.951 bits per heavy atom. The summed E-state index contributed by atoms with van der Waals surface area (Å²) in [6.45, 7) is 10.4. The summed E-state index contributed by atoms with van der Waals surface area (Å²) in [5, 5.41) is 11.2. The highest BCUT2D eigenvalue weighted by Gasteiger charge is 2.23. The summed E-state index contributed by atoms with van der Waals surface area (Å²) in [4.78, 5) is 39.9. The normalized spacial score (nSPS) is 11.2. The van der Waals surface area contributed by atoms with Crippen molar-refractivity contribution in [3.05, 3.63) is 69.8 Å². The van der Waals surface area contributed by atoms with Gasteiger partial charge in [0.15, 0.2) is 0 Å². The van der Waals surface area contributed by atoms with Gasteiger partial charge >= 0.3 is 12.0 Å². The Balaban J connectivity index is 1.79. The average Bonchev–Trinajstić information content (AvgIpc) is 3.34. The monoisotopic (exact) mass is 601 g/mol. The average molecular weight is 603 g/mol. The first kappa shape index (κ1) is 32.0. The van der Waals surface area contributed by atoms with E-state index < -0.39 is 12.0 Å². The van der Waals surface area contributed by atoms with Crippen LogP contribution in [0.15, 0.2) is 48.5 Å². The number of hydrogen-bond acceptors (Lipinski definition) is 5. The van der Waals surface area contributed by atoms with Crippen molar-refractivity contribution < 1.29 is 19.1 Å². The van der Waals surface area contributed by atoms with Crippen LogP contribution in [0.4, 0.5) is 16.3 Å². The highest BCUT2D eigenvalue weighted by Crippen LogP contribution is 2.29. The van der Waals surface area contributed by atoms with Crippen molar-refractivity contribution >= 4 is 52.6 Å². The van der Waals surface area contributed by atoms with Gasteiger partial charge in [0.25, 0.3) is 0 Å². The highest BCUT2D eigenvalue weighted by molar-refractivity contribution is 6.42. The van der Waals surface area contributed by atoms with Crippen LogP contribution in [-0.4, -0.2) is 52.3 Å². The molecule has 0 unspecified atom stereocenters. The van der Waals surface area contributed by atoms with E-state index in [2.05, 4.69) is 17.6 Å². The number of nitrogens with one attached hydrogen (secondary N) is 2. The third kappa shape index (κ3) is 8.96. The van der Waals surface area contributed by atoms with Crippen molar-refractivity contribution in [3.63, 3.8) is 0 Å². The molecule has 0 radical (unpaired) electrons. The molecule has 220 valence electrons. The van der Waals surface area contributed by atoms with Crippen LogP contribution in [0.5, 0.6) is 0 Å². The number of rotatable bonds is 11. The van der Waals surface area contributed by atoms with Gasteiger partial charge in [0.05, 0.1) is 33.6 Å². The van der Waals surface area contributed by atoms with E-state index in [1.807, 2.05) is 26.8 Å². The third-order valence-electron chi connectivity index (χ3n) is 6.19. The molecule has 0 bridgehead atoms. The zero-order chi connectivity index (χ0) is 30.2. The standard InChI is InChI=1S/C30H37Cl2N5O4/c1-6-8-9-16-36(29(40)33-21-12-10-20(11-13-21)28(39)41-7-2)19-27(38)34-26-18-25(30(3,4)5)35-37(26)22-14-15-23(31)24(32)17-22/h10-15,17-18H,6-9,16,19H2,1-5H3,(H,33,40)(H,34,38). The minimum absolute atomic E-state index is 0.173. The number of urea groups is 1. The smallest absolute Gasteiger partial charge is 0.338 e. The van der Waals surface area contributed by atoms with Gasteiger partial charge in [0.2, 0.25) is 5.91 Å². The molecule has 0 saturated carbocycles. The van der Waals surface area contributed by atoms with Crippen LogP contribution < -0.4 is 10.6 Å². The zero-order valence-corrected chi connectivity index (χ0v) is 25.6. The fourth-order valence-electron chi connectivity index (χ4n) is 3.92. The van der Waals surface area contributed by atoms with E-state index in [4.69, 9.17) is 33.0 Å². The lowest BCUT2D eigenvalue weighted by Gasteiger charge is -2.23. The molecule has 9 nitrogen and oxygen atoms in total. The first-order chi connectivity index (χ1) is 19.4. The minimum atomic E-state index is -0.432. The molecule has 1 aromatic heterocycles. The van der Waals surface area contributed by atoms with Crippen molar-refractivity contribution in [1.29, 1.82) is 0 Å². The molecule has 2 aromatic carbocycles. The van der Waals surface area contributed by atoms with Crippen molar-refractivity contribution in [2.24, 2.45) is 0 Å². The molecule has 3 rings (SSSR count).